The second-order valence-electron chi connectivity index (χ2n) is 4.80. The Kier molecular flexibility index (Phi) is 4.84. The summed E-state index contributed by atoms with van der Waals surface area (Å²) in [6.45, 7) is 0. The molecule has 0 aliphatic heterocycles. The molecule has 0 saturated carbocycles. The molecule has 0 amide bonds. The highest BCUT2D eigenvalue weighted by molar-refractivity contribution is 7.14. The molecule has 0 bridgehead atoms. The van der Waals surface area contributed by atoms with Gasteiger partial charge < -0.3 is 5.73 Å². The molecule has 0 atom stereocenters. The van der Waals surface area contributed by atoms with Crippen molar-refractivity contribution in [1.82, 2.24) is 4.98 Å². The molecule has 4 nitrogen and oxygen atoms in total. The third-order valence-electron chi connectivity index (χ3n) is 3.02. The van der Waals surface area contributed by atoms with Gasteiger partial charge in [-0.1, -0.05) is 30.0 Å². The van der Waals surface area contributed by atoms with Crippen LogP contribution in [0, 0.1) is 17.7 Å². The molecule has 1 heterocycles. The Morgan fingerprint density at radius 2 is 2.00 bits per heavy atom. The van der Waals surface area contributed by atoms with Gasteiger partial charge in [-0.15, -0.1) is 11.3 Å². The van der Waals surface area contributed by atoms with Crippen LogP contribution in [-0.4, -0.2) is 11.2 Å². The number of nitrogens with one attached hydrogen (secondary N) is 1. The van der Waals surface area contributed by atoms with Crippen molar-refractivity contribution in [3.63, 3.8) is 0 Å². The van der Waals surface area contributed by atoms with E-state index in [0.29, 0.717) is 22.1 Å². The van der Waals surface area contributed by atoms with E-state index in [4.69, 9.17) is 5.73 Å². The average molecular weight is 336 g/mol. The van der Waals surface area contributed by atoms with E-state index in [9.17, 15) is 4.39 Å². The normalized spacial score (nSPS) is 10.4. The first kappa shape index (κ1) is 15.7. The van der Waals surface area contributed by atoms with E-state index in [2.05, 4.69) is 27.4 Å². The van der Waals surface area contributed by atoms with Crippen molar-refractivity contribution >= 4 is 28.5 Å². The zero-order valence-corrected chi connectivity index (χ0v) is 13.3. The SMILES string of the molecule is Nc1csc(NN=Cc2ccc(F)cc2C#Cc2ccccc2)n1. The number of anilines is 2. The van der Waals surface area contributed by atoms with Crippen LogP contribution in [0.3, 0.4) is 0 Å². The minimum Gasteiger partial charge on any atom is -0.383 e. The van der Waals surface area contributed by atoms with Gasteiger partial charge in [0.1, 0.15) is 11.6 Å². The molecule has 24 heavy (non-hydrogen) atoms. The van der Waals surface area contributed by atoms with Crippen LogP contribution in [-0.2, 0) is 0 Å². The minimum atomic E-state index is -0.342. The lowest BCUT2D eigenvalue weighted by atomic mass is 10.1. The molecule has 0 spiro atoms. The number of nitrogens with two attached hydrogens (primary N) is 1. The van der Waals surface area contributed by atoms with E-state index in [-0.39, 0.29) is 5.82 Å². The van der Waals surface area contributed by atoms with Crippen LogP contribution >= 0.6 is 11.3 Å². The number of hydrogen-bond acceptors (Lipinski definition) is 5. The molecule has 0 radical (unpaired) electrons. The molecule has 0 saturated heterocycles. The van der Waals surface area contributed by atoms with Gasteiger partial charge in [0.15, 0.2) is 0 Å². The van der Waals surface area contributed by atoms with E-state index in [1.54, 1.807) is 17.7 Å². The molecule has 0 fully saturated rings. The number of benzene rings is 2. The standard InChI is InChI=1S/C18H13FN4S/c19-16-9-8-15(11-21-23-18-22-17(20)12-24-18)14(10-16)7-6-13-4-2-1-3-5-13/h1-5,8-12H,20H2,(H,22,23). The summed E-state index contributed by atoms with van der Waals surface area (Å²) in [5.74, 6) is 6.09. The van der Waals surface area contributed by atoms with Crippen molar-refractivity contribution in [3.8, 4) is 11.8 Å². The Morgan fingerprint density at radius 3 is 2.75 bits per heavy atom. The summed E-state index contributed by atoms with van der Waals surface area (Å²) in [6, 6.07) is 13.9. The van der Waals surface area contributed by atoms with Crippen LogP contribution in [0.2, 0.25) is 0 Å². The van der Waals surface area contributed by atoms with E-state index in [0.717, 1.165) is 5.56 Å². The zero-order valence-electron chi connectivity index (χ0n) is 12.5. The van der Waals surface area contributed by atoms with Crippen LogP contribution in [0.5, 0.6) is 0 Å². The fourth-order valence-electron chi connectivity index (χ4n) is 1.90. The van der Waals surface area contributed by atoms with Gasteiger partial charge in [-0.05, 0) is 30.3 Å². The third kappa shape index (κ3) is 4.18. The third-order valence-corrected chi connectivity index (χ3v) is 3.78. The second-order valence-corrected chi connectivity index (χ2v) is 5.65. The molecule has 1 aromatic heterocycles. The number of nitrogen functional groups attached to an aromatic ring is 1. The monoisotopic (exact) mass is 336 g/mol. The van der Waals surface area contributed by atoms with Crippen LogP contribution in [0.15, 0.2) is 59.0 Å². The fourth-order valence-corrected chi connectivity index (χ4v) is 2.45. The molecule has 2 aromatic carbocycles. The van der Waals surface area contributed by atoms with Crippen molar-refractivity contribution in [2.45, 2.75) is 0 Å². The van der Waals surface area contributed by atoms with Gasteiger partial charge in [0.25, 0.3) is 0 Å². The highest BCUT2D eigenvalue weighted by atomic mass is 32.1. The highest BCUT2D eigenvalue weighted by Crippen LogP contribution is 2.16. The minimum absolute atomic E-state index is 0.342. The van der Waals surface area contributed by atoms with Crippen molar-refractivity contribution in [2.24, 2.45) is 5.10 Å². The summed E-state index contributed by atoms with van der Waals surface area (Å²) in [5, 5.41) is 6.40. The first-order valence-electron chi connectivity index (χ1n) is 7.07. The summed E-state index contributed by atoms with van der Waals surface area (Å²) < 4.78 is 13.5. The molecule has 0 unspecified atom stereocenters. The van der Waals surface area contributed by atoms with E-state index in [1.165, 1.54) is 23.5 Å². The van der Waals surface area contributed by atoms with Gasteiger partial charge in [0.2, 0.25) is 5.13 Å². The Hall–Kier alpha value is -3.17. The molecule has 118 valence electrons. The maximum atomic E-state index is 13.5. The lowest BCUT2D eigenvalue weighted by Gasteiger charge is -1.99. The van der Waals surface area contributed by atoms with E-state index in [1.807, 2.05) is 30.3 Å². The Bertz CT molecular complexity index is 923. The largest absolute Gasteiger partial charge is 0.383 e. The topological polar surface area (TPSA) is 63.3 Å². The molecule has 0 aliphatic carbocycles. The van der Waals surface area contributed by atoms with Gasteiger partial charge in [-0.2, -0.15) is 5.10 Å². The Balaban J connectivity index is 1.82. The van der Waals surface area contributed by atoms with Crippen molar-refractivity contribution in [3.05, 3.63) is 76.4 Å². The molecular formula is C18H13FN4S. The van der Waals surface area contributed by atoms with Gasteiger partial charge in [0.05, 0.1) is 6.21 Å². The van der Waals surface area contributed by atoms with Gasteiger partial charge >= 0.3 is 0 Å². The van der Waals surface area contributed by atoms with Crippen LogP contribution in [0.1, 0.15) is 16.7 Å². The second kappa shape index (κ2) is 7.40. The van der Waals surface area contributed by atoms with E-state index >= 15 is 0 Å². The Morgan fingerprint density at radius 1 is 1.17 bits per heavy atom. The van der Waals surface area contributed by atoms with Gasteiger partial charge in [0, 0.05) is 22.1 Å². The molecule has 3 N–H and O–H groups in total. The first-order valence-corrected chi connectivity index (χ1v) is 7.95. The number of hydrogen-bond donors (Lipinski definition) is 2. The lowest BCUT2D eigenvalue weighted by Crippen LogP contribution is -1.94. The Labute approximate surface area is 142 Å². The summed E-state index contributed by atoms with van der Waals surface area (Å²) >= 11 is 1.35. The summed E-state index contributed by atoms with van der Waals surface area (Å²) in [5.41, 5.74) is 10.5. The fraction of sp³-hybridized carbons (Fsp3) is 0. The van der Waals surface area contributed by atoms with Gasteiger partial charge in [-0.25, -0.2) is 9.37 Å². The van der Waals surface area contributed by atoms with Crippen LogP contribution in [0.25, 0.3) is 0 Å². The number of thiazole rings is 1. The zero-order chi connectivity index (χ0) is 16.8. The number of hydrazone groups is 1. The van der Waals surface area contributed by atoms with Crippen LogP contribution < -0.4 is 11.2 Å². The molecule has 3 rings (SSSR count). The summed E-state index contributed by atoms with van der Waals surface area (Å²) in [7, 11) is 0. The van der Waals surface area contributed by atoms with E-state index < -0.39 is 0 Å². The smallest absolute Gasteiger partial charge is 0.205 e. The highest BCUT2D eigenvalue weighted by Gasteiger charge is 2.01. The van der Waals surface area contributed by atoms with Crippen molar-refractivity contribution < 1.29 is 4.39 Å². The summed E-state index contributed by atoms with van der Waals surface area (Å²) in [6.07, 6.45) is 1.58. The lowest BCUT2D eigenvalue weighted by molar-refractivity contribution is 0.627. The summed E-state index contributed by atoms with van der Waals surface area (Å²) in [4.78, 5) is 4.04. The maximum Gasteiger partial charge on any atom is 0.205 e. The first-order chi connectivity index (χ1) is 11.7. The molecule has 3 aromatic rings. The number of aromatic nitrogens is 1. The van der Waals surface area contributed by atoms with Crippen molar-refractivity contribution in [1.29, 1.82) is 0 Å². The maximum absolute atomic E-state index is 13.5. The molecule has 6 heteroatoms. The number of nitrogens with zero attached hydrogens (tertiary/aromatic N) is 2. The number of halogens is 1. The predicted octanol–water partition coefficient (Wildman–Crippen LogP) is 3.71. The van der Waals surface area contributed by atoms with Gasteiger partial charge in [-0.3, -0.25) is 5.43 Å². The quantitative estimate of drug-likeness (QED) is 0.435. The average Bonchev–Trinajstić information content (AvgIpc) is 3.01. The predicted molar refractivity (Wildman–Crippen MR) is 96.6 cm³/mol. The molecule has 0 aliphatic rings. The number of rotatable bonds is 3. The molecular weight excluding hydrogens is 323 g/mol. The van der Waals surface area contributed by atoms with Crippen LogP contribution in [0.4, 0.5) is 15.3 Å². The van der Waals surface area contributed by atoms with Crippen molar-refractivity contribution in [2.75, 3.05) is 11.2 Å².